The Bertz CT molecular complexity index is 650. The molecule has 152 valence electrons. The van der Waals surface area contributed by atoms with Crippen molar-refractivity contribution < 1.29 is 19.1 Å². The molecule has 0 bridgehead atoms. The molecular formula is C20H31IN2O4. The maximum atomic E-state index is 12.6. The van der Waals surface area contributed by atoms with E-state index in [1.54, 1.807) is 11.9 Å². The quantitative estimate of drug-likeness (QED) is 0.552. The number of carbonyl (C=O) groups excluding carboxylic acids is 2. The SMILES string of the molecule is CN(CCN(Cc1cccc(I)c1)C(=O)OC(C)(C)C)C(=O)OC(C)(C)C. The summed E-state index contributed by atoms with van der Waals surface area (Å²) in [7, 11) is 1.66. The predicted molar refractivity (Wildman–Crippen MR) is 115 cm³/mol. The zero-order chi connectivity index (χ0) is 20.8. The molecule has 0 spiro atoms. The van der Waals surface area contributed by atoms with Crippen LogP contribution in [0, 0.1) is 3.57 Å². The molecule has 0 N–H and O–H groups in total. The molecule has 0 saturated carbocycles. The minimum Gasteiger partial charge on any atom is -0.444 e. The molecule has 0 heterocycles. The van der Waals surface area contributed by atoms with Crippen molar-refractivity contribution in [1.82, 2.24) is 9.80 Å². The first-order valence-corrected chi connectivity index (χ1v) is 10.0. The molecule has 1 aromatic rings. The van der Waals surface area contributed by atoms with Gasteiger partial charge in [-0.15, -0.1) is 0 Å². The first-order chi connectivity index (χ1) is 12.3. The van der Waals surface area contributed by atoms with E-state index in [4.69, 9.17) is 9.47 Å². The van der Waals surface area contributed by atoms with Gasteiger partial charge in [-0.05, 0) is 81.8 Å². The zero-order valence-electron chi connectivity index (χ0n) is 17.3. The highest BCUT2D eigenvalue weighted by atomic mass is 127. The summed E-state index contributed by atoms with van der Waals surface area (Å²) < 4.78 is 12.0. The lowest BCUT2D eigenvalue weighted by atomic mass is 10.2. The van der Waals surface area contributed by atoms with Crippen LogP contribution in [0.5, 0.6) is 0 Å². The first-order valence-electron chi connectivity index (χ1n) is 8.93. The summed E-state index contributed by atoms with van der Waals surface area (Å²) in [5, 5.41) is 0. The van der Waals surface area contributed by atoms with Crippen molar-refractivity contribution in [3.63, 3.8) is 0 Å². The second kappa shape index (κ2) is 9.61. The third-order valence-corrected chi connectivity index (χ3v) is 4.00. The van der Waals surface area contributed by atoms with Crippen molar-refractivity contribution in [3.8, 4) is 0 Å². The third-order valence-electron chi connectivity index (χ3n) is 3.32. The van der Waals surface area contributed by atoms with Crippen LogP contribution in [0.1, 0.15) is 47.1 Å². The van der Waals surface area contributed by atoms with Crippen LogP contribution in [0.15, 0.2) is 24.3 Å². The van der Waals surface area contributed by atoms with Gasteiger partial charge in [0.1, 0.15) is 11.2 Å². The highest BCUT2D eigenvalue weighted by molar-refractivity contribution is 14.1. The van der Waals surface area contributed by atoms with Crippen LogP contribution in [0.3, 0.4) is 0 Å². The molecule has 0 saturated heterocycles. The van der Waals surface area contributed by atoms with Gasteiger partial charge in [0, 0.05) is 30.3 Å². The number of carbonyl (C=O) groups is 2. The molecule has 0 aliphatic heterocycles. The Balaban J connectivity index is 2.81. The van der Waals surface area contributed by atoms with Crippen molar-refractivity contribution in [1.29, 1.82) is 0 Å². The molecule has 1 aromatic carbocycles. The van der Waals surface area contributed by atoms with Crippen molar-refractivity contribution in [2.24, 2.45) is 0 Å². The molecule has 0 aliphatic rings. The molecule has 0 aromatic heterocycles. The van der Waals surface area contributed by atoms with E-state index in [0.29, 0.717) is 19.6 Å². The number of nitrogens with zero attached hydrogens (tertiary/aromatic N) is 2. The van der Waals surface area contributed by atoms with E-state index in [1.165, 1.54) is 4.90 Å². The van der Waals surface area contributed by atoms with Crippen LogP contribution >= 0.6 is 22.6 Å². The molecular weight excluding hydrogens is 459 g/mol. The van der Waals surface area contributed by atoms with Gasteiger partial charge < -0.3 is 19.3 Å². The summed E-state index contributed by atoms with van der Waals surface area (Å²) in [6.45, 7) is 12.1. The van der Waals surface area contributed by atoms with Gasteiger partial charge in [0.25, 0.3) is 0 Å². The normalized spacial score (nSPS) is 11.7. The fraction of sp³-hybridized carbons (Fsp3) is 0.600. The molecule has 2 amide bonds. The Morgan fingerprint density at radius 3 is 2.04 bits per heavy atom. The van der Waals surface area contributed by atoms with Gasteiger partial charge in [0.05, 0.1) is 0 Å². The number of amides is 2. The van der Waals surface area contributed by atoms with E-state index < -0.39 is 23.4 Å². The van der Waals surface area contributed by atoms with Gasteiger partial charge in [-0.1, -0.05) is 12.1 Å². The maximum Gasteiger partial charge on any atom is 0.410 e. The van der Waals surface area contributed by atoms with Gasteiger partial charge in [0.15, 0.2) is 0 Å². The fourth-order valence-electron chi connectivity index (χ4n) is 2.12. The van der Waals surface area contributed by atoms with Gasteiger partial charge in [-0.3, -0.25) is 0 Å². The Hall–Kier alpha value is -1.51. The van der Waals surface area contributed by atoms with Crippen molar-refractivity contribution in [2.75, 3.05) is 20.1 Å². The van der Waals surface area contributed by atoms with Crippen LogP contribution in [-0.2, 0) is 16.0 Å². The van der Waals surface area contributed by atoms with E-state index in [1.807, 2.05) is 65.8 Å². The lowest BCUT2D eigenvalue weighted by Gasteiger charge is -2.30. The Labute approximate surface area is 176 Å². The fourth-order valence-corrected chi connectivity index (χ4v) is 2.73. The maximum absolute atomic E-state index is 12.6. The number of rotatable bonds is 5. The standard InChI is InChI=1S/C20H31IN2O4/c1-19(2,3)26-17(24)22(7)11-12-23(18(25)27-20(4,5)6)14-15-9-8-10-16(21)13-15/h8-10,13H,11-12,14H2,1-7H3. The first kappa shape index (κ1) is 23.5. The molecule has 27 heavy (non-hydrogen) atoms. The number of ether oxygens (including phenoxy) is 2. The van der Waals surface area contributed by atoms with Crippen LogP contribution in [0.2, 0.25) is 0 Å². The molecule has 6 nitrogen and oxygen atoms in total. The third kappa shape index (κ3) is 9.83. The lowest BCUT2D eigenvalue weighted by Crippen LogP contribution is -2.42. The summed E-state index contributed by atoms with van der Waals surface area (Å²) in [6, 6.07) is 7.95. The van der Waals surface area contributed by atoms with E-state index in [2.05, 4.69) is 22.6 Å². The zero-order valence-corrected chi connectivity index (χ0v) is 19.5. The number of hydrogen-bond acceptors (Lipinski definition) is 4. The summed E-state index contributed by atoms with van der Waals surface area (Å²) in [6.07, 6.45) is -0.820. The predicted octanol–water partition coefficient (Wildman–Crippen LogP) is 4.90. The summed E-state index contributed by atoms with van der Waals surface area (Å²) >= 11 is 2.24. The second-order valence-electron chi connectivity index (χ2n) is 8.43. The highest BCUT2D eigenvalue weighted by Crippen LogP contribution is 2.15. The van der Waals surface area contributed by atoms with E-state index in [9.17, 15) is 9.59 Å². The van der Waals surface area contributed by atoms with E-state index >= 15 is 0 Å². The Morgan fingerprint density at radius 1 is 0.963 bits per heavy atom. The summed E-state index contributed by atoms with van der Waals surface area (Å²) in [5.41, 5.74) is -0.137. The van der Waals surface area contributed by atoms with Crippen molar-refractivity contribution >= 4 is 34.8 Å². The number of likely N-dealkylation sites (N-methyl/N-ethyl adjacent to an activating group) is 1. The molecule has 0 fully saturated rings. The van der Waals surface area contributed by atoms with Crippen LogP contribution in [-0.4, -0.2) is 53.3 Å². The Kier molecular flexibility index (Phi) is 8.38. The van der Waals surface area contributed by atoms with Crippen molar-refractivity contribution in [2.45, 2.75) is 59.3 Å². The molecule has 1 rings (SSSR count). The molecule has 0 unspecified atom stereocenters. The minimum absolute atomic E-state index is 0.343. The minimum atomic E-state index is -0.586. The van der Waals surface area contributed by atoms with Crippen LogP contribution < -0.4 is 0 Å². The van der Waals surface area contributed by atoms with Gasteiger partial charge in [-0.25, -0.2) is 9.59 Å². The molecule has 0 aliphatic carbocycles. The van der Waals surface area contributed by atoms with Crippen LogP contribution in [0.4, 0.5) is 9.59 Å². The second-order valence-corrected chi connectivity index (χ2v) is 9.68. The molecule has 0 radical (unpaired) electrons. The average molecular weight is 490 g/mol. The van der Waals surface area contributed by atoms with Crippen molar-refractivity contribution in [3.05, 3.63) is 33.4 Å². The number of benzene rings is 1. The Morgan fingerprint density at radius 2 is 1.52 bits per heavy atom. The monoisotopic (exact) mass is 490 g/mol. The van der Waals surface area contributed by atoms with Crippen LogP contribution in [0.25, 0.3) is 0 Å². The van der Waals surface area contributed by atoms with E-state index in [0.717, 1.165) is 9.13 Å². The summed E-state index contributed by atoms with van der Waals surface area (Å²) in [5.74, 6) is 0. The smallest absolute Gasteiger partial charge is 0.410 e. The molecule has 7 heteroatoms. The topological polar surface area (TPSA) is 59.1 Å². The summed E-state index contributed by atoms with van der Waals surface area (Å²) in [4.78, 5) is 27.8. The van der Waals surface area contributed by atoms with Gasteiger partial charge in [0.2, 0.25) is 0 Å². The van der Waals surface area contributed by atoms with Gasteiger partial charge in [-0.2, -0.15) is 0 Å². The number of halogens is 1. The lowest BCUT2D eigenvalue weighted by molar-refractivity contribution is 0.0152. The van der Waals surface area contributed by atoms with E-state index in [-0.39, 0.29) is 0 Å². The molecule has 0 atom stereocenters. The largest absolute Gasteiger partial charge is 0.444 e. The highest BCUT2D eigenvalue weighted by Gasteiger charge is 2.24. The number of hydrogen-bond donors (Lipinski definition) is 0. The average Bonchev–Trinajstić information content (AvgIpc) is 2.47. The van der Waals surface area contributed by atoms with Gasteiger partial charge >= 0.3 is 12.2 Å².